The van der Waals surface area contributed by atoms with Crippen LogP contribution < -0.4 is 17.6 Å². The molecule has 244 valence electrons. The molecular formula is C20H30N8O13P2S. The summed E-state index contributed by atoms with van der Waals surface area (Å²) in [4.78, 5) is 47.5. The molecule has 0 spiro atoms. The van der Waals surface area contributed by atoms with Gasteiger partial charge in [0.15, 0.2) is 23.6 Å². The van der Waals surface area contributed by atoms with Crippen LogP contribution in [0.5, 0.6) is 0 Å². The molecule has 24 heteroatoms. The highest BCUT2D eigenvalue weighted by Gasteiger charge is 2.48. The molecule has 5 rings (SSSR count). The fraction of sp³-hybridized carbons (Fsp3) is 0.550. The highest BCUT2D eigenvalue weighted by Crippen LogP contribution is 2.58. The summed E-state index contributed by atoms with van der Waals surface area (Å²) in [7, 11) is -9.73. The number of anilines is 1. The molecule has 0 aromatic carbocycles. The third-order valence-corrected chi connectivity index (χ3v) is 11.5. The Balaban J connectivity index is 0.00000442. The number of aliphatic hydroxyl groups excluding tert-OH is 4. The molecular weight excluding hydrogens is 654 g/mol. The quantitative estimate of drug-likeness (QED) is 0.0983. The molecule has 2 aliphatic rings. The van der Waals surface area contributed by atoms with Crippen molar-refractivity contribution in [3.05, 3.63) is 28.7 Å². The molecule has 3 aromatic rings. The first-order chi connectivity index (χ1) is 20.2. The van der Waals surface area contributed by atoms with Crippen LogP contribution in [-0.4, -0.2) is 116 Å². The first-order valence-electron chi connectivity index (χ1n) is 12.3. The first kappa shape index (κ1) is 34.3. The van der Waals surface area contributed by atoms with E-state index in [1.807, 2.05) is 0 Å². The molecule has 44 heavy (non-hydrogen) atoms. The van der Waals surface area contributed by atoms with Crippen LogP contribution in [0, 0.1) is 0 Å². The second-order valence-corrected chi connectivity index (χ2v) is 14.7. The molecule has 0 radical (unpaired) electrons. The summed E-state index contributed by atoms with van der Waals surface area (Å²) in [6.45, 7) is -1.55. The lowest BCUT2D eigenvalue weighted by molar-refractivity contribution is -0.0484. The summed E-state index contributed by atoms with van der Waals surface area (Å²) in [5.41, 5.74) is 11.2. The third-order valence-electron chi connectivity index (χ3n) is 6.62. The molecule has 0 saturated carbocycles. The predicted molar refractivity (Wildman–Crippen MR) is 147 cm³/mol. The zero-order chi connectivity index (χ0) is 31.3. The molecule has 0 aliphatic carbocycles. The van der Waals surface area contributed by atoms with Crippen LogP contribution in [-0.2, 0) is 27.7 Å². The van der Waals surface area contributed by atoms with E-state index >= 15 is 0 Å². The summed E-state index contributed by atoms with van der Waals surface area (Å²) in [6, 6.07) is 0. The van der Waals surface area contributed by atoms with E-state index in [1.54, 1.807) is 0 Å². The zero-order valence-electron chi connectivity index (χ0n) is 22.4. The molecule has 1 amide bonds. The van der Waals surface area contributed by atoms with Gasteiger partial charge in [-0.15, -0.1) is 11.3 Å². The lowest BCUT2D eigenvalue weighted by Crippen LogP contribution is -2.33. The summed E-state index contributed by atoms with van der Waals surface area (Å²) < 4.78 is 47.4. The van der Waals surface area contributed by atoms with Gasteiger partial charge in [0.05, 0.1) is 19.5 Å². The summed E-state index contributed by atoms with van der Waals surface area (Å²) in [5, 5.41) is 43.0. The number of aliphatic hydroxyl groups is 4. The van der Waals surface area contributed by atoms with Crippen LogP contribution in [0.4, 0.5) is 5.82 Å². The van der Waals surface area contributed by atoms with Crippen molar-refractivity contribution >= 4 is 49.4 Å². The molecule has 3 aromatic heterocycles. The normalized spacial score (nSPS) is 31.4. The summed E-state index contributed by atoms with van der Waals surface area (Å²) in [6.07, 6.45) is -9.01. The van der Waals surface area contributed by atoms with Gasteiger partial charge in [0, 0.05) is 5.38 Å². The number of fused-ring (bicyclic) bond motifs is 1. The summed E-state index contributed by atoms with van der Waals surface area (Å²) >= 11 is 0.932. The van der Waals surface area contributed by atoms with Crippen LogP contribution in [0.15, 0.2) is 18.0 Å². The summed E-state index contributed by atoms with van der Waals surface area (Å²) in [5.74, 6) is -2.14. The fourth-order valence-electron chi connectivity index (χ4n) is 4.46. The van der Waals surface area contributed by atoms with Gasteiger partial charge in [0.2, 0.25) is 0 Å². The first-order valence-corrected chi connectivity index (χ1v) is 16.7. The Kier molecular flexibility index (Phi) is 10.2. The van der Waals surface area contributed by atoms with Crippen molar-refractivity contribution in [1.82, 2.24) is 30.7 Å². The van der Waals surface area contributed by atoms with Crippen molar-refractivity contribution in [2.45, 2.75) is 49.0 Å². The molecule has 0 bridgehead atoms. The monoisotopic (exact) mass is 684 g/mol. The number of carbonyl (C=O) groups excluding carboxylic acids is 1. The molecule has 2 saturated heterocycles. The van der Waals surface area contributed by atoms with Crippen molar-refractivity contribution < 1.29 is 62.7 Å². The second-order valence-electron chi connectivity index (χ2n) is 9.65. The van der Waals surface area contributed by atoms with E-state index in [9.17, 15) is 44.1 Å². The Hall–Kier alpha value is -2.53. The average Bonchev–Trinajstić information content (AvgIpc) is 3.70. The van der Waals surface area contributed by atoms with Crippen molar-refractivity contribution in [1.29, 1.82) is 0 Å². The number of imidazole rings is 1. The van der Waals surface area contributed by atoms with Crippen molar-refractivity contribution in [3.63, 3.8) is 0 Å². The number of primary amides is 1. The van der Waals surface area contributed by atoms with Gasteiger partial charge < -0.3 is 66.4 Å². The van der Waals surface area contributed by atoms with Crippen LogP contribution in [0.1, 0.15) is 27.8 Å². The van der Waals surface area contributed by atoms with Crippen LogP contribution >= 0.6 is 26.5 Å². The number of aromatic nitrogens is 5. The highest BCUT2D eigenvalue weighted by molar-refractivity contribution is 7.70. The van der Waals surface area contributed by atoms with E-state index in [0.717, 1.165) is 17.7 Å². The van der Waals surface area contributed by atoms with E-state index in [-0.39, 0.29) is 33.8 Å². The lowest BCUT2D eigenvalue weighted by Gasteiger charge is -2.21. The fourth-order valence-corrected chi connectivity index (χ4v) is 8.56. The number of ether oxygens (including phenoxy) is 2. The van der Waals surface area contributed by atoms with Crippen LogP contribution in [0.25, 0.3) is 11.2 Å². The molecule has 2 fully saturated rings. The van der Waals surface area contributed by atoms with Gasteiger partial charge in [-0.2, -0.15) is 0 Å². The Morgan fingerprint density at radius 2 is 1.59 bits per heavy atom. The van der Waals surface area contributed by atoms with E-state index in [2.05, 4.69) is 19.9 Å². The minimum Gasteiger partial charge on any atom is -0.387 e. The number of rotatable bonds is 11. The van der Waals surface area contributed by atoms with Crippen molar-refractivity contribution in [3.8, 4) is 0 Å². The molecule has 10 atom stereocenters. The Bertz CT molecular complexity index is 1590. The number of nitrogen functional groups attached to an aromatic ring is 1. The highest BCUT2D eigenvalue weighted by atomic mass is 32.1. The van der Waals surface area contributed by atoms with E-state index in [0.29, 0.717) is 0 Å². The minimum absolute atomic E-state index is 0. The topological polar surface area (TPSA) is 353 Å². The number of carbonyl (C=O) groups is 1. The lowest BCUT2D eigenvalue weighted by atomic mass is 10.1. The van der Waals surface area contributed by atoms with Gasteiger partial charge >= 0.3 is 15.2 Å². The molecule has 2 aliphatic heterocycles. The largest absolute Gasteiger partial charge is 0.387 e. The molecule has 21 nitrogen and oxygen atoms in total. The smallest absolute Gasteiger partial charge is 0.340 e. The van der Waals surface area contributed by atoms with E-state index < -0.39 is 89.2 Å². The minimum atomic E-state index is -4.87. The maximum atomic E-state index is 12.6. The van der Waals surface area contributed by atoms with Crippen molar-refractivity contribution in [2.75, 3.05) is 24.9 Å². The van der Waals surface area contributed by atoms with Gasteiger partial charge in [0.1, 0.15) is 65.3 Å². The number of amides is 1. The maximum absolute atomic E-state index is 12.6. The zero-order valence-corrected chi connectivity index (χ0v) is 25.0. The van der Waals surface area contributed by atoms with Gasteiger partial charge in [-0.05, 0) is 0 Å². The number of nitrogens with zero attached hydrogens (tertiary/aromatic N) is 5. The molecule has 5 heterocycles. The third kappa shape index (κ3) is 6.98. The molecule has 13 N–H and O–H groups in total. The standard InChI is InChI=1S/C20H27N7O13P2S.H3N/c21-16-10-18(24-4-23-16)27(5-25-10)20-14(31)12(29)9(40-20)2-38-42(35,36)6-41(33,34)37-1-8-11(28)13(30)15(39-8)19-26-7(3-43-19)17(22)32;/h3-5,8-9,11-15,20,28-31H,1-2,6H2,(H2,22,32)(H,33,34)(H,35,36)(H2,21,23,24);1H3. The van der Waals surface area contributed by atoms with Gasteiger partial charge in [-0.3, -0.25) is 18.5 Å². The number of nitrogens with two attached hydrogens (primary N) is 2. The van der Waals surface area contributed by atoms with E-state index in [4.69, 9.17) is 30.0 Å². The number of thiazole rings is 1. The van der Waals surface area contributed by atoms with Gasteiger partial charge in [0.25, 0.3) is 5.91 Å². The predicted octanol–water partition coefficient (Wildman–Crippen LogP) is -2.03. The number of hydrogen-bond donors (Lipinski definition) is 9. The average molecular weight is 685 g/mol. The van der Waals surface area contributed by atoms with Crippen LogP contribution in [0.3, 0.4) is 0 Å². The van der Waals surface area contributed by atoms with Crippen LogP contribution in [0.2, 0.25) is 0 Å². The number of hydrogen-bond acceptors (Lipinski definition) is 18. The van der Waals surface area contributed by atoms with Crippen molar-refractivity contribution in [2.24, 2.45) is 5.73 Å². The van der Waals surface area contributed by atoms with Gasteiger partial charge in [-0.1, -0.05) is 0 Å². The Labute approximate surface area is 251 Å². The maximum Gasteiger partial charge on any atom is 0.340 e. The van der Waals surface area contributed by atoms with Gasteiger partial charge in [-0.25, -0.2) is 19.9 Å². The Morgan fingerprint density at radius 1 is 0.977 bits per heavy atom. The van der Waals surface area contributed by atoms with E-state index in [1.165, 1.54) is 16.3 Å². The SMILES string of the molecule is N.NC(=O)c1csc(C2OC(COP(=O)(O)CP(=O)(O)OCC3OC(n4cnc5c(N)ncnc54)C(O)C3O)C(O)C2O)n1. The second kappa shape index (κ2) is 13.1. The Morgan fingerprint density at radius 3 is 2.20 bits per heavy atom. The molecule has 10 unspecified atom stereocenters.